The number of carbonyl (C=O) groups excluding carboxylic acids is 1. The van der Waals surface area contributed by atoms with Crippen molar-refractivity contribution < 1.29 is 18.1 Å². The van der Waals surface area contributed by atoms with Crippen LogP contribution in [-0.4, -0.2) is 11.4 Å². The Morgan fingerprint density at radius 2 is 1.94 bits per heavy atom. The minimum atomic E-state index is -1.10. The minimum absolute atomic E-state index is 0.0196. The van der Waals surface area contributed by atoms with Gasteiger partial charge in [-0.2, -0.15) is 0 Å². The van der Waals surface area contributed by atoms with E-state index in [2.05, 4.69) is 9.68 Å². The highest BCUT2D eigenvalue weighted by molar-refractivity contribution is 5.89. The molecule has 0 fully saturated rings. The van der Waals surface area contributed by atoms with E-state index >= 15 is 0 Å². The van der Waals surface area contributed by atoms with Crippen LogP contribution in [-0.2, 0) is 0 Å². The van der Waals surface area contributed by atoms with Crippen LogP contribution >= 0.6 is 0 Å². The number of hydrogen-bond acceptors (Lipinski definition) is 4. The van der Waals surface area contributed by atoms with Gasteiger partial charge in [-0.15, -0.1) is 0 Å². The highest BCUT2D eigenvalue weighted by Crippen LogP contribution is 2.29. The number of nitrogens with zero attached hydrogens (tertiary/aromatic N) is 1. The first-order valence-corrected chi connectivity index (χ1v) is 4.28. The first-order valence-electron chi connectivity index (χ1n) is 4.28. The summed E-state index contributed by atoms with van der Waals surface area (Å²) in [6.07, 6.45) is 1.64. The predicted octanol–water partition coefficient (Wildman–Crippen LogP) is 2.01. The summed E-state index contributed by atoms with van der Waals surface area (Å²) in [6.45, 7) is 0. The van der Waals surface area contributed by atoms with Crippen LogP contribution in [0.5, 0.6) is 0 Å². The third kappa shape index (κ3) is 1.54. The second-order valence-corrected chi connectivity index (χ2v) is 3.08. The molecule has 6 heteroatoms. The number of carbonyl (C=O) groups is 1. The Morgan fingerprint density at radius 3 is 2.50 bits per heavy atom. The van der Waals surface area contributed by atoms with Gasteiger partial charge < -0.3 is 10.3 Å². The van der Waals surface area contributed by atoms with Crippen LogP contribution in [0.25, 0.3) is 11.1 Å². The van der Waals surface area contributed by atoms with Crippen LogP contribution in [0.1, 0.15) is 10.4 Å². The maximum atomic E-state index is 13.0. The monoisotopic (exact) mass is 224 g/mol. The van der Waals surface area contributed by atoms with Crippen LogP contribution in [0, 0.1) is 11.6 Å². The number of aromatic nitrogens is 1. The van der Waals surface area contributed by atoms with Gasteiger partial charge in [0.15, 0.2) is 17.9 Å². The van der Waals surface area contributed by atoms with Gasteiger partial charge in [0.1, 0.15) is 0 Å². The topological polar surface area (TPSA) is 69.1 Å². The molecule has 0 aliphatic rings. The first-order chi connectivity index (χ1) is 7.63. The van der Waals surface area contributed by atoms with E-state index in [0.717, 1.165) is 12.1 Å². The second kappa shape index (κ2) is 3.73. The molecular formula is C10H6F2N2O2. The Labute approximate surface area is 88.7 Å². The van der Waals surface area contributed by atoms with E-state index in [-0.39, 0.29) is 22.6 Å². The van der Waals surface area contributed by atoms with E-state index in [9.17, 15) is 13.6 Å². The van der Waals surface area contributed by atoms with Gasteiger partial charge in [-0.1, -0.05) is 5.16 Å². The van der Waals surface area contributed by atoms with Gasteiger partial charge in [0, 0.05) is 11.1 Å². The van der Waals surface area contributed by atoms with Gasteiger partial charge in [0.25, 0.3) is 0 Å². The average molecular weight is 224 g/mol. The molecule has 1 aromatic heterocycles. The Bertz CT molecular complexity index is 552. The lowest BCUT2D eigenvalue weighted by Crippen LogP contribution is -1.94. The minimum Gasteiger partial charge on any atom is -0.367 e. The number of hydrogen-bond donors (Lipinski definition) is 1. The molecule has 0 spiro atoms. The summed E-state index contributed by atoms with van der Waals surface area (Å²) >= 11 is 0. The van der Waals surface area contributed by atoms with E-state index in [1.54, 1.807) is 0 Å². The van der Waals surface area contributed by atoms with E-state index in [1.807, 2.05) is 0 Å². The number of anilines is 1. The number of halogens is 2. The zero-order valence-corrected chi connectivity index (χ0v) is 7.91. The molecule has 0 bridgehead atoms. The molecule has 82 valence electrons. The lowest BCUT2D eigenvalue weighted by atomic mass is 10.0. The molecule has 0 radical (unpaired) electrons. The Kier molecular flexibility index (Phi) is 2.40. The van der Waals surface area contributed by atoms with Gasteiger partial charge >= 0.3 is 0 Å². The Morgan fingerprint density at radius 1 is 1.25 bits per heavy atom. The van der Waals surface area contributed by atoms with Gasteiger partial charge in [0.05, 0.1) is 11.8 Å². The SMILES string of the molecule is Nc1oncc1-c1cc(F)c(F)cc1C=O. The molecule has 4 nitrogen and oxygen atoms in total. The number of rotatable bonds is 2. The van der Waals surface area contributed by atoms with Crippen LogP contribution in [0.4, 0.5) is 14.7 Å². The summed E-state index contributed by atoms with van der Waals surface area (Å²) in [5.74, 6) is -2.23. The number of aldehydes is 1. The van der Waals surface area contributed by atoms with Crippen LogP contribution in [0.15, 0.2) is 22.9 Å². The van der Waals surface area contributed by atoms with Gasteiger partial charge in [-0.05, 0) is 12.1 Å². The van der Waals surface area contributed by atoms with Gasteiger partial charge in [0.2, 0.25) is 5.88 Å². The molecule has 2 N–H and O–H groups in total. The molecular weight excluding hydrogens is 218 g/mol. The Hall–Kier alpha value is -2.24. The third-order valence-corrected chi connectivity index (χ3v) is 2.11. The molecule has 0 aliphatic carbocycles. The molecule has 2 rings (SSSR count). The molecule has 16 heavy (non-hydrogen) atoms. The molecule has 0 amide bonds. The largest absolute Gasteiger partial charge is 0.367 e. The third-order valence-electron chi connectivity index (χ3n) is 2.11. The lowest BCUT2D eigenvalue weighted by Gasteiger charge is -2.03. The van der Waals surface area contributed by atoms with Crippen LogP contribution in [0.2, 0.25) is 0 Å². The van der Waals surface area contributed by atoms with E-state index in [4.69, 9.17) is 5.73 Å². The van der Waals surface area contributed by atoms with Crippen molar-refractivity contribution in [2.75, 3.05) is 5.73 Å². The molecule has 0 unspecified atom stereocenters. The second-order valence-electron chi connectivity index (χ2n) is 3.08. The summed E-state index contributed by atoms with van der Waals surface area (Å²) in [6, 6.07) is 1.67. The molecule has 0 saturated carbocycles. The van der Waals surface area contributed by atoms with Crippen molar-refractivity contribution >= 4 is 12.2 Å². The molecule has 2 aromatic rings. The van der Waals surface area contributed by atoms with Crippen molar-refractivity contribution in [2.45, 2.75) is 0 Å². The number of benzene rings is 1. The van der Waals surface area contributed by atoms with Crippen molar-refractivity contribution in [3.05, 3.63) is 35.5 Å². The van der Waals surface area contributed by atoms with Crippen LogP contribution < -0.4 is 5.73 Å². The summed E-state index contributed by atoms with van der Waals surface area (Å²) in [7, 11) is 0. The fourth-order valence-electron chi connectivity index (χ4n) is 1.34. The van der Waals surface area contributed by atoms with Crippen molar-refractivity contribution in [3.8, 4) is 11.1 Å². The smallest absolute Gasteiger partial charge is 0.229 e. The maximum absolute atomic E-state index is 13.0. The zero-order chi connectivity index (χ0) is 11.7. The maximum Gasteiger partial charge on any atom is 0.229 e. The van der Waals surface area contributed by atoms with E-state index in [0.29, 0.717) is 6.29 Å². The molecule has 0 aliphatic heterocycles. The molecule has 0 saturated heterocycles. The number of nitrogens with two attached hydrogens (primary N) is 1. The zero-order valence-electron chi connectivity index (χ0n) is 7.91. The van der Waals surface area contributed by atoms with Crippen LogP contribution in [0.3, 0.4) is 0 Å². The highest BCUT2D eigenvalue weighted by Gasteiger charge is 2.15. The van der Waals surface area contributed by atoms with Crippen molar-refractivity contribution in [3.63, 3.8) is 0 Å². The van der Waals surface area contributed by atoms with Gasteiger partial charge in [-0.3, -0.25) is 4.79 Å². The van der Waals surface area contributed by atoms with E-state index in [1.165, 1.54) is 6.20 Å². The van der Waals surface area contributed by atoms with Crippen molar-refractivity contribution in [1.82, 2.24) is 5.16 Å². The summed E-state index contributed by atoms with van der Waals surface area (Å²) in [5, 5.41) is 3.39. The standard InChI is InChI=1S/C10H6F2N2O2/c11-8-1-5(4-15)6(2-9(8)12)7-3-14-16-10(7)13/h1-4H,13H2. The number of nitrogen functional groups attached to an aromatic ring is 1. The lowest BCUT2D eigenvalue weighted by molar-refractivity contribution is 0.112. The fourth-order valence-corrected chi connectivity index (χ4v) is 1.34. The molecule has 1 heterocycles. The first kappa shape index (κ1) is 10.3. The van der Waals surface area contributed by atoms with Gasteiger partial charge in [-0.25, -0.2) is 8.78 Å². The Balaban J connectivity index is 2.69. The highest BCUT2D eigenvalue weighted by atomic mass is 19.2. The van der Waals surface area contributed by atoms with Crippen molar-refractivity contribution in [2.24, 2.45) is 0 Å². The normalized spacial score (nSPS) is 10.4. The summed E-state index contributed by atoms with van der Waals surface area (Å²) < 4.78 is 30.5. The fraction of sp³-hybridized carbons (Fsp3) is 0. The predicted molar refractivity (Wildman–Crippen MR) is 51.7 cm³/mol. The van der Waals surface area contributed by atoms with Crippen molar-refractivity contribution in [1.29, 1.82) is 0 Å². The summed E-state index contributed by atoms with van der Waals surface area (Å²) in [5.41, 5.74) is 5.80. The summed E-state index contributed by atoms with van der Waals surface area (Å²) in [4.78, 5) is 10.7. The van der Waals surface area contributed by atoms with E-state index < -0.39 is 11.6 Å². The molecule has 0 atom stereocenters. The quantitative estimate of drug-likeness (QED) is 0.792. The molecule has 1 aromatic carbocycles. The average Bonchev–Trinajstić information content (AvgIpc) is 2.68.